The van der Waals surface area contributed by atoms with Gasteiger partial charge in [-0.1, -0.05) is 11.8 Å². The average molecular weight is 1040 g/mol. The second-order valence-corrected chi connectivity index (χ2v) is 22.9. The maximum absolute atomic E-state index is 14.1. The summed E-state index contributed by atoms with van der Waals surface area (Å²) >= 11 is 0. The predicted molar refractivity (Wildman–Crippen MR) is 258 cm³/mol. The van der Waals surface area contributed by atoms with Crippen LogP contribution in [-0.4, -0.2) is 96.5 Å². The van der Waals surface area contributed by atoms with Gasteiger partial charge in [-0.15, -0.1) is 0 Å². The number of phosphoric ester groups is 1. The fourth-order valence-corrected chi connectivity index (χ4v) is 14.2. The molecular weight excluding hydrogens is 995 g/mol. The zero-order valence-corrected chi connectivity index (χ0v) is 41.2. The normalized spacial score (nSPS) is 20.5. The molecule has 0 saturated carbocycles. The number of carbonyl (C=O) groups is 2. The van der Waals surface area contributed by atoms with Crippen LogP contribution in [0.2, 0.25) is 0 Å². The highest BCUT2D eigenvalue weighted by molar-refractivity contribution is 7.66. The molecule has 11 rings (SSSR count). The maximum atomic E-state index is 14.1. The second kappa shape index (κ2) is 18.6. The van der Waals surface area contributed by atoms with Crippen molar-refractivity contribution in [3.8, 4) is 23.3 Å². The van der Waals surface area contributed by atoms with Crippen molar-refractivity contribution in [2.45, 2.75) is 76.5 Å². The van der Waals surface area contributed by atoms with Gasteiger partial charge in [0.15, 0.2) is 0 Å². The molecule has 0 aliphatic carbocycles. The number of anilines is 2. The molecule has 0 spiro atoms. The lowest BCUT2D eigenvalue weighted by atomic mass is 9.81. The number of nitrogens with zero attached hydrogens (tertiary/aromatic N) is 5. The number of hydrogen-bond donors (Lipinski definition) is 7. The molecule has 1 amide bonds. The fourth-order valence-electron chi connectivity index (χ4n) is 11.2. The Morgan fingerprint density at radius 1 is 0.889 bits per heavy atom. The quantitative estimate of drug-likeness (QED) is 0.0518. The van der Waals surface area contributed by atoms with Crippen LogP contribution in [0.25, 0.3) is 16.6 Å². The van der Waals surface area contributed by atoms with Crippen molar-refractivity contribution >= 4 is 63.5 Å². The van der Waals surface area contributed by atoms with E-state index < -0.39 is 54.3 Å². The molecule has 2 unspecified atom stereocenters. The summed E-state index contributed by atoms with van der Waals surface area (Å²) in [6.07, 6.45) is 9.36. The van der Waals surface area contributed by atoms with E-state index in [1.165, 1.54) is 40.6 Å². The number of aromatic carboxylic acids is 1. The Hall–Kier alpha value is -5.78. The molecule has 3 aromatic carbocycles. The van der Waals surface area contributed by atoms with Crippen LogP contribution in [0.4, 0.5) is 11.5 Å². The molecule has 5 aromatic rings. The molecule has 2 aromatic heterocycles. The number of carbonyl (C=O) groups excluding carboxylic acids is 1. The molecule has 22 nitrogen and oxygen atoms in total. The van der Waals surface area contributed by atoms with Crippen LogP contribution in [-0.2, 0) is 57.3 Å². The summed E-state index contributed by atoms with van der Waals surface area (Å²) in [4.78, 5) is 75.3. The number of nitrogens with one attached hydrogen (secondary N) is 1. The van der Waals surface area contributed by atoms with E-state index in [-0.39, 0.29) is 29.9 Å². The molecule has 1 saturated heterocycles. The van der Waals surface area contributed by atoms with Crippen LogP contribution in [0.5, 0.6) is 11.5 Å². The Morgan fingerprint density at radius 2 is 1.65 bits per heavy atom. The van der Waals surface area contributed by atoms with Gasteiger partial charge in [0, 0.05) is 70.9 Å². The Labute approximate surface area is 410 Å². The fraction of sp³-hybridized carbons (Fsp3) is 0.383. The Kier molecular flexibility index (Phi) is 12.5. The van der Waals surface area contributed by atoms with E-state index in [4.69, 9.17) is 29.5 Å². The van der Waals surface area contributed by atoms with Gasteiger partial charge in [-0.3, -0.25) is 9.32 Å². The van der Waals surface area contributed by atoms with Gasteiger partial charge in [-0.05, 0) is 92.8 Å². The summed E-state index contributed by atoms with van der Waals surface area (Å²) < 4.78 is 64.7. The number of aromatic nitrogens is 3. The average Bonchev–Trinajstić information content (AvgIpc) is 3.96. The highest BCUT2D eigenvalue weighted by atomic mass is 31.3. The lowest BCUT2D eigenvalue weighted by Gasteiger charge is -2.39. The summed E-state index contributed by atoms with van der Waals surface area (Å²) in [6.45, 7) is 3.18. The minimum absolute atomic E-state index is 0.0641. The highest BCUT2D eigenvalue weighted by Crippen LogP contribution is 2.66. The molecule has 4 atom stereocenters. The van der Waals surface area contributed by atoms with Crippen LogP contribution in [0.15, 0.2) is 42.9 Å². The minimum atomic E-state index is -5.70. The monoisotopic (exact) mass is 1040 g/mol. The van der Waals surface area contributed by atoms with Crippen LogP contribution >= 0.6 is 23.5 Å². The van der Waals surface area contributed by atoms with Gasteiger partial charge in [0.2, 0.25) is 5.36 Å². The number of phosphoric acid groups is 3. The maximum Gasteiger partial charge on any atom is 0.490 e. The van der Waals surface area contributed by atoms with Crippen LogP contribution in [0, 0.1) is 11.8 Å². The first-order chi connectivity index (χ1) is 34.4. The number of fused-ring (bicyclic) bond motifs is 5. The van der Waals surface area contributed by atoms with Gasteiger partial charge in [0.05, 0.1) is 41.3 Å². The number of nitrogens with two attached hydrogens (primary N) is 1. The molecule has 0 bridgehead atoms. The topological polar surface area (TPSA) is 308 Å². The molecule has 72 heavy (non-hydrogen) atoms. The van der Waals surface area contributed by atoms with Crippen molar-refractivity contribution in [3.05, 3.63) is 104 Å². The van der Waals surface area contributed by atoms with E-state index in [0.717, 1.165) is 117 Å². The number of carboxylic acid groups (broad SMARTS) is 1. The third-order valence-corrected chi connectivity index (χ3v) is 17.7. The zero-order chi connectivity index (χ0) is 50.3. The summed E-state index contributed by atoms with van der Waals surface area (Å²) in [5.41, 5.74) is 15.3. The molecule has 376 valence electrons. The van der Waals surface area contributed by atoms with Crippen molar-refractivity contribution in [1.82, 2.24) is 24.4 Å². The minimum Gasteiger partial charge on any atom is -0.478 e. The third kappa shape index (κ3) is 9.18. The number of benzene rings is 3. The largest absolute Gasteiger partial charge is 0.490 e. The van der Waals surface area contributed by atoms with Gasteiger partial charge < -0.3 is 54.7 Å². The number of ether oxygens (including phenoxy) is 2. The van der Waals surface area contributed by atoms with Crippen molar-refractivity contribution in [1.29, 1.82) is 0 Å². The summed E-state index contributed by atoms with van der Waals surface area (Å²) in [7, 11) is -16.6. The van der Waals surface area contributed by atoms with E-state index in [2.05, 4.69) is 57.4 Å². The van der Waals surface area contributed by atoms with Gasteiger partial charge in [0.25, 0.3) is 5.91 Å². The van der Waals surface area contributed by atoms with Gasteiger partial charge in [-0.2, -0.15) is 8.62 Å². The van der Waals surface area contributed by atoms with E-state index in [0.29, 0.717) is 28.6 Å². The first-order valence-corrected chi connectivity index (χ1v) is 28.1. The molecule has 6 aliphatic heterocycles. The van der Waals surface area contributed by atoms with Crippen LogP contribution < -0.4 is 35.8 Å². The van der Waals surface area contributed by atoms with Gasteiger partial charge >= 0.3 is 29.4 Å². The first kappa shape index (κ1) is 48.5. The van der Waals surface area contributed by atoms with E-state index in [1.54, 1.807) is 16.8 Å². The molecule has 1 fully saturated rings. The van der Waals surface area contributed by atoms with Crippen molar-refractivity contribution in [3.63, 3.8) is 0 Å². The zero-order valence-electron chi connectivity index (χ0n) is 38.5. The second-order valence-electron chi connectivity index (χ2n) is 18.5. The van der Waals surface area contributed by atoms with Crippen LogP contribution in [0.1, 0.15) is 104 Å². The summed E-state index contributed by atoms with van der Waals surface area (Å²) in [6, 6.07) is 9.05. The Bertz CT molecular complexity index is 3510. The number of nitrogen functional groups attached to an aromatic ring is 1. The molecule has 8 heterocycles. The standard InChI is InChI=1S/C47H48N7O15P3/c48-44-38-29(23-54(45(38)51-25-50-44)37-14-12-30(66-37)24-65-71(61,62)69-72(63,64)68-70(58,59)60)6-1-15-49-46(55)28-11-13-31(47(56)57)34(22-28)39-35-20-26-7-2-16-52-18-4-9-32(40(26)52)42(35)67-43-33-10-5-19-53-17-3-8-27(41(33)53)21-36(39)43/h11,13,20-23,25,30,37H,2-5,7-10,12,14-19,24H2,(H7-,48,49,50,51,55,56,57,58,59,60,61,62,63,64)/p+1/t30-,37+/m0/s1. The molecule has 25 heteroatoms. The molecule has 0 radical (unpaired) electrons. The lowest BCUT2D eigenvalue weighted by Crippen LogP contribution is -2.45. The van der Waals surface area contributed by atoms with Crippen molar-refractivity contribution in [2.24, 2.45) is 0 Å². The first-order valence-electron chi connectivity index (χ1n) is 23.5. The van der Waals surface area contributed by atoms with E-state index >= 15 is 0 Å². The molecule has 8 N–H and O–H groups in total. The lowest BCUT2D eigenvalue weighted by molar-refractivity contribution is -0.0202. The number of rotatable bonds is 12. The van der Waals surface area contributed by atoms with Crippen molar-refractivity contribution < 1.29 is 70.6 Å². The Balaban J connectivity index is 0.879. The SMILES string of the molecule is Nc1ncnc2c1c(C#CCNC(=O)c1ccc(C(=O)O)c(C3=c4cc5c6c(c4Oc4c3cc3c7c4CCCN7CCC3)CCC[N+]=6CCC5)c1)cn2[C@H]1CC[C@@H](COP(=O)(O)OP(=O)(O)OP(=O)(O)O)O1. The molecular formula is C47H49N7O15P3+. The third-order valence-electron chi connectivity index (χ3n) is 13.9. The van der Waals surface area contributed by atoms with E-state index in [1.807, 2.05) is 0 Å². The summed E-state index contributed by atoms with van der Waals surface area (Å²) in [5.74, 6) is 6.06. The van der Waals surface area contributed by atoms with E-state index in [9.17, 15) is 38.2 Å². The number of amides is 1. The number of aryl methyl sites for hydroxylation is 2. The molecule has 6 aliphatic rings. The highest BCUT2D eigenvalue weighted by Gasteiger charge is 2.42. The van der Waals surface area contributed by atoms with Gasteiger partial charge in [-0.25, -0.2) is 33.0 Å². The van der Waals surface area contributed by atoms with Crippen molar-refractivity contribution in [2.75, 3.05) is 50.0 Å². The van der Waals surface area contributed by atoms with Crippen LogP contribution in [0.3, 0.4) is 0 Å². The number of carboxylic acids is 1. The predicted octanol–water partition coefficient (Wildman–Crippen LogP) is 3.95. The van der Waals surface area contributed by atoms with Gasteiger partial charge in [0.1, 0.15) is 48.6 Å². The number of hydrogen-bond acceptors (Lipinski definition) is 14. The smallest absolute Gasteiger partial charge is 0.478 e. The summed E-state index contributed by atoms with van der Waals surface area (Å²) in [5, 5.41) is 16.1. The Morgan fingerprint density at radius 3 is 2.44 bits per heavy atom.